The number of amides is 2. The van der Waals surface area contributed by atoms with E-state index in [0.717, 1.165) is 0 Å². The van der Waals surface area contributed by atoms with Crippen LogP contribution in [0.25, 0.3) is 0 Å². The Bertz CT molecular complexity index is 246. The molecule has 0 spiro atoms. The maximum atomic E-state index is 11.4. The molecule has 0 aromatic carbocycles. The molecule has 0 aliphatic rings. The van der Waals surface area contributed by atoms with Crippen LogP contribution in [0.5, 0.6) is 0 Å². The Morgan fingerprint density at radius 1 is 1.00 bits per heavy atom. The van der Waals surface area contributed by atoms with Crippen LogP contribution in [0, 0.1) is 11.8 Å². The predicted molar refractivity (Wildman–Crippen MR) is 64.2 cm³/mol. The lowest BCUT2D eigenvalue weighted by Gasteiger charge is -2.13. The Labute approximate surface area is 96.8 Å². The first-order chi connectivity index (χ1) is 7.52. The molecule has 2 atom stereocenters. The summed E-state index contributed by atoms with van der Waals surface area (Å²) in [6.45, 7) is 10.7. The third-order valence-electron chi connectivity index (χ3n) is 2.24. The Hall–Kier alpha value is -1.58. The van der Waals surface area contributed by atoms with Crippen LogP contribution in [0.15, 0.2) is 25.3 Å². The molecule has 0 heterocycles. The van der Waals surface area contributed by atoms with E-state index in [0.29, 0.717) is 12.8 Å². The summed E-state index contributed by atoms with van der Waals surface area (Å²) in [5, 5.41) is 0. The summed E-state index contributed by atoms with van der Waals surface area (Å²) in [5.74, 6) is -0.793. The number of carbonyl (C=O) groups is 2. The van der Waals surface area contributed by atoms with Crippen molar-refractivity contribution in [1.29, 1.82) is 0 Å². The van der Waals surface area contributed by atoms with Gasteiger partial charge in [0.2, 0.25) is 11.8 Å². The van der Waals surface area contributed by atoms with E-state index in [1.54, 1.807) is 26.0 Å². The second kappa shape index (κ2) is 7.68. The molecule has 0 aromatic rings. The summed E-state index contributed by atoms with van der Waals surface area (Å²) < 4.78 is 0. The monoisotopic (exact) mass is 224 g/mol. The number of hydrogen-bond donors (Lipinski definition) is 2. The number of allylic oxidation sites excluding steroid dienone is 2. The highest BCUT2D eigenvalue weighted by atomic mass is 16.2. The fraction of sp³-hybridized carbons (Fsp3) is 0.500. The average molecular weight is 224 g/mol. The van der Waals surface area contributed by atoms with Crippen molar-refractivity contribution in [2.45, 2.75) is 26.7 Å². The number of nitrogens with one attached hydrogen (secondary N) is 2. The number of hydrogen-bond acceptors (Lipinski definition) is 2. The van der Waals surface area contributed by atoms with Crippen LogP contribution in [0.4, 0.5) is 0 Å². The highest BCUT2D eigenvalue weighted by molar-refractivity contribution is 5.84. The van der Waals surface area contributed by atoms with Gasteiger partial charge in [-0.05, 0) is 12.8 Å². The quantitative estimate of drug-likeness (QED) is 0.531. The van der Waals surface area contributed by atoms with Crippen LogP contribution in [0.2, 0.25) is 0 Å². The minimum absolute atomic E-state index is 0.187. The summed E-state index contributed by atoms with van der Waals surface area (Å²) in [7, 11) is 0. The molecule has 2 N–H and O–H groups in total. The maximum absolute atomic E-state index is 11.4. The summed E-state index contributed by atoms with van der Waals surface area (Å²) >= 11 is 0. The molecule has 4 nitrogen and oxygen atoms in total. The van der Waals surface area contributed by atoms with E-state index in [9.17, 15) is 9.59 Å². The first-order valence-corrected chi connectivity index (χ1v) is 5.34. The molecule has 0 saturated heterocycles. The zero-order chi connectivity index (χ0) is 12.6. The second-order valence-corrected chi connectivity index (χ2v) is 3.83. The molecular formula is C12H20N2O2. The van der Waals surface area contributed by atoms with Crippen molar-refractivity contribution >= 4 is 11.8 Å². The van der Waals surface area contributed by atoms with Gasteiger partial charge >= 0.3 is 0 Å². The molecule has 0 bridgehead atoms. The van der Waals surface area contributed by atoms with Gasteiger partial charge in [-0.1, -0.05) is 26.0 Å². The van der Waals surface area contributed by atoms with Crippen molar-refractivity contribution in [2.24, 2.45) is 11.8 Å². The lowest BCUT2D eigenvalue weighted by atomic mass is 10.1. The summed E-state index contributed by atoms with van der Waals surface area (Å²) in [6.07, 6.45) is 4.52. The van der Waals surface area contributed by atoms with Gasteiger partial charge in [0, 0.05) is 11.8 Å². The van der Waals surface area contributed by atoms with E-state index in [4.69, 9.17) is 0 Å². The van der Waals surface area contributed by atoms with Gasteiger partial charge in [-0.15, -0.1) is 13.2 Å². The fourth-order valence-corrected chi connectivity index (χ4v) is 1.08. The van der Waals surface area contributed by atoms with Gasteiger partial charge in [-0.3, -0.25) is 20.4 Å². The molecule has 0 fully saturated rings. The van der Waals surface area contributed by atoms with Crippen molar-refractivity contribution in [1.82, 2.24) is 10.9 Å². The first kappa shape index (κ1) is 14.4. The Morgan fingerprint density at radius 3 is 1.56 bits per heavy atom. The van der Waals surface area contributed by atoms with Gasteiger partial charge < -0.3 is 0 Å². The van der Waals surface area contributed by atoms with Crippen LogP contribution in [0.1, 0.15) is 26.7 Å². The molecule has 0 aromatic heterocycles. The van der Waals surface area contributed by atoms with Crippen LogP contribution >= 0.6 is 0 Å². The highest BCUT2D eigenvalue weighted by Crippen LogP contribution is 2.02. The van der Waals surface area contributed by atoms with Crippen LogP contribution in [-0.2, 0) is 9.59 Å². The van der Waals surface area contributed by atoms with E-state index < -0.39 is 0 Å². The van der Waals surface area contributed by atoms with Crippen LogP contribution in [0.3, 0.4) is 0 Å². The molecule has 16 heavy (non-hydrogen) atoms. The molecule has 90 valence electrons. The average Bonchev–Trinajstić information content (AvgIpc) is 2.25. The SMILES string of the molecule is C=CC[C@@H](C)C(=O)NNC(=O)[C@H](C)CC=C. The van der Waals surface area contributed by atoms with Crippen molar-refractivity contribution in [2.75, 3.05) is 0 Å². The summed E-state index contributed by atoms with van der Waals surface area (Å²) in [6, 6.07) is 0. The van der Waals surface area contributed by atoms with Crippen molar-refractivity contribution in [3.8, 4) is 0 Å². The Balaban J connectivity index is 3.95. The van der Waals surface area contributed by atoms with Crippen molar-refractivity contribution in [3.63, 3.8) is 0 Å². The minimum Gasteiger partial charge on any atom is -0.273 e. The lowest BCUT2D eigenvalue weighted by molar-refractivity contribution is -0.132. The third kappa shape index (κ3) is 5.34. The second-order valence-electron chi connectivity index (χ2n) is 3.83. The van der Waals surface area contributed by atoms with E-state index in [1.165, 1.54) is 0 Å². The summed E-state index contributed by atoms with van der Waals surface area (Å²) in [4.78, 5) is 22.8. The zero-order valence-electron chi connectivity index (χ0n) is 9.95. The van der Waals surface area contributed by atoms with Gasteiger partial charge in [0.25, 0.3) is 0 Å². The molecule has 0 rings (SSSR count). The van der Waals surface area contributed by atoms with E-state index in [-0.39, 0.29) is 23.7 Å². The standard InChI is InChI=1S/C12H20N2O2/c1-5-7-9(3)11(15)13-14-12(16)10(4)8-6-2/h5-6,9-10H,1-2,7-8H2,3-4H3,(H,13,15)(H,14,16)/t9-,10-/m1/s1. The molecule has 2 amide bonds. The fourth-order valence-electron chi connectivity index (χ4n) is 1.08. The molecule has 4 heteroatoms. The van der Waals surface area contributed by atoms with Gasteiger partial charge in [0.15, 0.2) is 0 Å². The zero-order valence-corrected chi connectivity index (χ0v) is 9.95. The number of hydrazine groups is 1. The molecule has 0 unspecified atom stereocenters. The number of rotatable bonds is 6. The van der Waals surface area contributed by atoms with Gasteiger partial charge in [-0.2, -0.15) is 0 Å². The van der Waals surface area contributed by atoms with E-state index >= 15 is 0 Å². The van der Waals surface area contributed by atoms with E-state index in [1.807, 2.05) is 0 Å². The Kier molecular flexibility index (Phi) is 6.92. The smallest absolute Gasteiger partial charge is 0.241 e. The topological polar surface area (TPSA) is 58.2 Å². The normalized spacial score (nSPS) is 13.4. The lowest BCUT2D eigenvalue weighted by Crippen LogP contribution is -2.45. The predicted octanol–water partition coefficient (Wildman–Crippen LogP) is 1.56. The Morgan fingerprint density at radius 2 is 1.31 bits per heavy atom. The molecule has 0 aliphatic carbocycles. The molecule has 0 radical (unpaired) electrons. The number of carbonyl (C=O) groups excluding carboxylic acids is 2. The summed E-state index contributed by atoms with van der Waals surface area (Å²) in [5.41, 5.74) is 4.77. The highest BCUT2D eigenvalue weighted by Gasteiger charge is 2.14. The minimum atomic E-state index is -0.209. The molecule has 0 aliphatic heterocycles. The molecule has 0 saturated carbocycles. The van der Waals surface area contributed by atoms with Gasteiger partial charge in [-0.25, -0.2) is 0 Å². The third-order valence-corrected chi connectivity index (χ3v) is 2.24. The van der Waals surface area contributed by atoms with Crippen molar-refractivity contribution in [3.05, 3.63) is 25.3 Å². The van der Waals surface area contributed by atoms with Gasteiger partial charge in [0.05, 0.1) is 0 Å². The molecular weight excluding hydrogens is 204 g/mol. The van der Waals surface area contributed by atoms with Gasteiger partial charge in [0.1, 0.15) is 0 Å². The van der Waals surface area contributed by atoms with E-state index in [2.05, 4.69) is 24.0 Å². The van der Waals surface area contributed by atoms with Crippen LogP contribution in [-0.4, -0.2) is 11.8 Å². The largest absolute Gasteiger partial charge is 0.273 e. The first-order valence-electron chi connectivity index (χ1n) is 5.34. The van der Waals surface area contributed by atoms with Crippen LogP contribution < -0.4 is 10.9 Å². The van der Waals surface area contributed by atoms with Crippen molar-refractivity contribution < 1.29 is 9.59 Å². The maximum Gasteiger partial charge on any atom is 0.241 e.